The lowest BCUT2D eigenvalue weighted by Crippen LogP contribution is -2.05. The van der Waals surface area contributed by atoms with E-state index in [1.807, 2.05) is 42.5 Å². The number of carboxylic acid groups (broad SMARTS) is 1. The monoisotopic (exact) mass is 398 g/mol. The summed E-state index contributed by atoms with van der Waals surface area (Å²) in [5, 5.41) is 9.44. The first kappa shape index (κ1) is 19.6. The van der Waals surface area contributed by atoms with Crippen LogP contribution in [-0.2, 0) is 13.0 Å². The Kier molecular flexibility index (Phi) is 5.44. The SMILES string of the molecule is CCCc1nc2ccc(=O)ccc2n1Cc1ccc(-c2ccccc2C(=O)O)cc1. The van der Waals surface area contributed by atoms with Crippen molar-refractivity contribution in [2.45, 2.75) is 26.3 Å². The van der Waals surface area contributed by atoms with E-state index in [4.69, 9.17) is 4.98 Å². The fourth-order valence-corrected chi connectivity index (χ4v) is 3.69. The summed E-state index contributed by atoms with van der Waals surface area (Å²) in [6.07, 6.45) is 1.83. The van der Waals surface area contributed by atoms with Crippen molar-refractivity contribution in [2.75, 3.05) is 0 Å². The number of aryl methyl sites for hydroxylation is 1. The van der Waals surface area contributed by atoms with Gasteiger partial charge in [-0.25, -0.2) is 9.78 Å². The van der Waals surface area contributed by atoms with Gasteiger partial charge in [-0.2, -0.15) is 0 Å². The molecule has 0 aliphatic rings. The number of rotatable bonds is 6. The summed E-state index contributed by atoms with van der Waals surface area (Å²) in [5.41, 5.74) is 4.63. The minimum absolute atomic E-state index is 0.0435. The topological polar surface area (TPSA) is 72.2 Å². The summed E-state index contributed by atoms with van der Waals surface area (Å²) in [7, 11) is 0. The fraction of sp³-hybridized carbons (Fsp3) is 0.160. The van der Waals surface area contributed by atoms with Crippen molar-refractivity contribution in [1.82, 2.24) is 9.55 Å². The van der Waals surface area contributed by atoms with E-state index >= 15 is 0 Å². The van der Waals surface area contributed by atoms with Crippen LogP contribution in [0.25, 0.3) is 22.2 Å². The van der Waals surface area contributed by atoms with Crippen LogP contribution in [0.1, 0.15) is 35.1 Å². The van der Waals surface area contributed by atoms with Crippen LogP contribution in [0, 0.1) is 0 Å². The predicted molar refractivity (Wildman–Crippen MR) is 118 cm³/mol. The van der Waals surface area contributed by atoms with Crippen molar-refractivity contribution in [3.05, 3.63) is 100.0 Å². The second-order valence-electron chi connectivity index (χ2n) is 7.25. The maximum absolute atomic E-state index is 11.7. The molecule has 5 heteroatoms. The van der Waals surface area contributed by atoms with E-state index in [9.17, 15) is 14.7 Å². The minimum Gasteiger partial charge on any atom is -0.478 e. The largest absolute Gasteiger partial charge is 0.478 e. The van der Waals surface area contributed by atoms with Crippen LogP contribution in [0.2, 0.25) is 0 Å². The molecule has 150 valence electrons. The zero-order valence-electron chi connectivity index (χ0n) is 16.7. The molecule has 0 radical (unpaired) electrons. The molecule has 4 aromatic rings. The predicted octanol–water partition coefficient (Wildman–Crippen LogP) is 4.76. The molecule has 0 fully saturated rings. The van der Waals surface area contributed by atoms with E-state index in [0.29, 0.717) is 12.1 Å². The van der Waals surface area contributed by atoms with Gasteiger partial charge in [-0.1, -0.05) is 49.4 Å². The van der Waals surface area contributed by atoms with Gasteiger partial charge < -0.3 is 9.67 Å². The molecule has 3 aromatic carbocycles. The fourth-order valence-electron chi connectivity index (χ4n) is 3.69. The highest BCUT2D eigenvalue weighted by molar-refractivity contribution is 5.96. The first-order valence-corrected chi connectivity index (χ1v) is 9.98. The van der Waals surface area contributed by atoms with Gasteiger partial charge in [0.15, 0.2) is 5.43 Å². The maximum Gasteiger partial charge on any atom is 0.336 e. The summed E-state index contributed by atoms with van der Waals surface area (Å²) < 4.78 is 2.15. The summed E-state index contributed by atoms with van der Waals surface area (Å²) >= 11 is 0. The molecule has 5 nitrogen and oxygen atoms in total. The molecule has 1 N–H and O–H groups in total. The van der Waals surface area contributed by atoms with Gasteiger partial charge in [0, 0.05) is 13.0 Å². The molecule has 4 rings (SSSR count). The standard InChI is InChI=1S/C25H22N2O3/c1-2-5-24-26-22-14-12-19(28)13-15-23(22)27(24)16-17-8-10-18(11-9-17)20-6-3-4-7-21(20)25(29)30/h3-4,6-15H,2,5,16H2,1H3,(H,29,30). The Labute approximate surface area is 174 Å². The Balaban J connectivity index is 1.71. The van der Waals surface area contributed by atoms with E-state index in [0.717, 1.165) is 40.8 Å². The second-order valence-corrected chi connectivity index (χ2v) is 7.25. The number of fused-ring (bicyclic) bond motifs is 1. The first-order valence-electron chi connectivity index (χ1n) is 9.98. The average Bonchev–Trinajstić information content (AvgIpc) is 2.95. The van der Waals surface area contributed by atoms with Crippen LogP contribution < -0.4 is 5.43 Å². The Morgan fingerprint density at radius 1 is 0.967 bits per heavy atom. The number of nitrogens with zero attached hydrogens (tertiary/aromatic N) is 2. The van der Waals surface area contributed by atoms with Crippen LogP contribution >= 0.6 is 0 Å². The van der Waals surface area contributed by atoms with Crippen LogP contribution in [0.3, 0.4) is 0 Å². The van der Waals surface area contributed by atoms with Crippen molar-refractivity contribution in [2.24, 2.45) is 0 Å². The van der Waals surface area contributed by atoms with Crippen molar-refractivity contribution in [3.63, 3.8) is 0 Å². The summed E-state index contributed by atoms with van der Waals surface area (Å²) in [6, 6.07) is 21.7. The van der Waals surface area contributed by atoms with Gasteiger partial charge in [-0.05, 0) is 53.4 Å². The normalized spacial score (nSPS) is 11.0. The van der Waals surface area contributed by atoms with Crippen molar-refractivity contribution >= 4 is 17.0 Å². The molecule has 1 heterocycles. The van der Waals surface area contributed by atoms with Gasteiger partial charge in [0.2, 0.25) is 0 Å². The van der Waals surface area contributed by atoms with Crippen molar-refractivity contribution in [1.29, 1.82) is 0 Å². The molecule has 0 aliphatic heterocycles. The minimum atomic E-state index is -0.936. The van der Waals surface area contributed by atoms with Crippen LogP contribution in [0.4, 0.5) is 0 Å². The van der Waals surface area contributed by atoms with E-state index in [-0.39, 0.29) is 11.0 Å². The van der Waals surface area contributed by atoms with Gasteiger partial charge in [0.25, 0.3) is 0 Å². The highest BCUT2D eigenvalue weighted by Gasteiger charge is 2.12. The maximum atomic E-state index is 11.7. The van der Waals surface area contributed by atoms with E-state index in [2.05, 4.69) is 11.5 Å². The lowest BCUT2D eigenvalue weighted by molar-refractivity contribution is 0.0697. The van der Waals surface area contributed by atoms with E-state index in [1.165, 1.54) is 0 Å². The summed E-state index contributed by atoms with van der Waals surface area (Å²) in [4.78, 5) is 28.0. The highest BCUT2D eigenvalue weighted by Crippen LogP contribution is 2.25. The molecule has 1 aromatic heterocycles. The van der Waals surface area contributed by atoms with Gasteiger partial charge in [-0.3, -0.25) is 4.79 Å². The van der Waals surface area contributed by atoms with Gasteiger partial charge in [0.1, 0.15) is 5.82 Å². The Morgan fingerprint density at radius 3 is 2.43 bits per heavy atom. The number of aromatic carboxylic acids is 1. The second kappa shape index (κ2) is 8.33. The number of hydrogen-bond acceptors (Lipinski definition) is 3. The van der Waals surface area contributed by atoms with Gasteiger partial charge >= 0.3 is 5.97 Å². The molecule has 0 unspecified atom stereocenters. The lowest BCUT2D eigenvalue weighted by atomic mass is 9.99. The third kappa shape index (κ3) is 3.87. The quantitative estimate of drug-likeness (QED) is 0.508. The molecule has 0 aliphatic carbocycles. The van der Waals surface area contributed by atoms with E-state index in [1.54, 1.807) is 30.3 Å². The molecular formula is C25H22N2O3. The van der Waals surface area contributed by atoms with Crippen LogP contribution in [-0.4, -0.2) is 20.6 Å². The molecule has 30 heavy (non-hydrogen) atoms. The number of carbonyl (C=O) groups is 1. The van der Waals surface area contributed by atoms with Crippen molar-refractivity contribution < 1.29 is 9.90 Å². The third-order valence-electron chi connectivity index (χ3n) is 5.16. The van der Waals surface area contributed by atoms with Crippen molar-refractivity contribution in [3.8, 4) is 11.1 Å². The Morgan fingerprint density at radius 2 is 1.70 bits per heavy atom. The molecule has 0 saturated heterocycles. The molecule has 0 amide bonds. The third-order valence-corrected chi connectivity index (χ3v) is 5.16. The first-order chi connectivity index (χ1) is 14.6. The zero-order valence-corrected chi connectivity index (χ0v) is 16.7. The number of benzene rings is 2. The molecule has 0 atom stereocenters. The smallest absolute Gasteiger partial charge is 0.336 e. The van der Waals surface area contributed by atoms with E-state index < -0.39 is 5.97 Å². The Bertz CT molecular complexity index is 1270. The molecule has 0 saturated carbocycles. The highest BCUT2D eigenvalue weighted by atomic mass is 16.4. The summed E-state index contributed by atoms with van der Waals surface area (Å²) in [5.74, 6) is 0.0563. The number of hydrogen-bond donors (Lipinski definition) is 1. The van der Waals surface area contributed by atoms with Gasteiger partial charge in [0.05, 0.1) is 16.6 Å². The number of imidazole rings is 1. The molecule has 0 bridgehead atoms. The zero-order chi connectivity index (χ0) is 21.1. The number of aromatic nitrogens is 2. The molecular weight excluding hydrogens is 376 g/mol. The van der Waals surface area contributed by atoms with Crippen LogP contribution in [0.15, 0.2) is 77.6 Å². The number of carboxylic acids is 1. The van der Waals surface area contributed by atoms with Gasteiger partial charge in [-0.15, -0.1) is 0 Å². The lowest BCUT2D eigenvalue weighted by Gasteiger charge is -2.11. The average molecular weight is 398 g/mol. The summed E-state index contributed by atoms with van der Waals surface area (Å²) in [6.45, 7) is 2.75. The Hall–Kier alpha value is -3.73. The van der Waals surface area contributed by atoms with Crippen LogP contribution in [0.5, 0.6) is 0 Å². The molecule has 0 spiro atoms.